The van der Waals surface area contributed by atoms with Crippen molar-refractivity contribution in [3.05, 3.63) is 40.4 Å². The Labute approximate surface area is 145 Å². The summed E-state index contributed by atoms with van der Waals surface area (Å²) in [5.74, 6) is 0.999. The van der Waals surface area contributed by atoms with Crippen molar-refractivity contribution >= 4 is 18.1 Å². The lowest BCUT2D eigenvalue weighted by molar-refractivity contribution is 0.0670. The fraction of sp³-hybridized carbons (Fsp3) is 0.438. The van der Waals surface area contributed by atoms with E-state index in [4.69, 9.17) is 21.7 Å². The Morgan fingerprint density at radius 1 is 1.54 bits per heavy atom. The third-order valence-corrected chi connectivity index (χ3v) is 4.33. The van der Waals surface area contributed by atoms with Crippen molar-refractivity contribution in [2.45, 2.75) is 25.5 Å². The van der Waals surface area contributed by atoms with Crippen molar-refractivity contribution in [1.82, 2.24) is 20.1 Å². The van der Waals surface area contributed by atoms with Gasteiger partial charge in [-0.15, -0.1) is 0 Å². The Morgan fingerprint density at radius 3 is 3.08 bits per heavy atom. The highest BCUT2D eigenvalue weighted by molar-refractivity contribution is 7.71. The molecule has 1 aromatic carbocycles. The van der Waals surface area contributed by atoms with Gasteiger partial charge in [0.2, 0.25) is 0 Å². The number of rotatable bonds is 6. The maximum atomic E-state index is 12.5. The average Bonchev–Trinajstić information content (AvgIpc) is 3.22. The van der Waals surface area contributed by atoms with Crippen molar-refractivity contribution in [3.8, 4) is 5.75 Å². The third-order valence-electron chi connectivity index (χ3n) is 3.96. The summed E-state index contributed by atoms with van der Waals surface area (Å²) >= 11 is 5.06. The molecule has 1 aromatic heterocycles. The van der Waals surface area contributed by atoms with E-state index in [1.54, 1.807) is 23.7 Å². The van der Waals surface area contributed by atoms with Gasteiger partial charge in [-0.25, -0.2) is 0 Å². The summed E-state index contributed by atoms with van der Waals surface area (Å²) in [4.78, 5) is 12.5. The maximum absolute atomic E-state index is 12.5. The first-order valence-electron chi connectivity index (χ1n) is 7.87. The summed E-state index contributed by atoms with van der Waals surface area (Å²) in [6.07, 6.45) is 2.16. The monoisotopic (exact) mass is 348 g/mol. The second-order valence-corrected chi connectivity index (χ2v) is 6.02. The van der Waals surface area contributed by atoms with Gasteiger partial charge in [-0.05, 0) is 37.2 Å². The first-order valence-corrected chi connectivity index (χ1v) is 8.28. The minimum absolute atomic E-state index is 0.106. The molecule has 1 aliphatic rings. The molecule has 1 aliphatic heterocycles. The summed E-state index contributed by atoms with van der Waals surface area (Å²) in [6.45, 7) is 1.52. The van der Waals surface area contributed by atoms with Crippen LogP contribution in [-0.4, -0.2) is 40.0 Å². The second kappa shape index (κ2) is 7.59. The van der Waals surface area contributed by atoms with E-state index in [1.165, 1.54) is 0 Å². The molecule has 0 spiro atoms. The Morgan fingerprint density at radius 2 is 2.38 bits per heavy atom. The van der Waals surface area contributed by atoms with Gasteiger partial charge in [-0.3, -0.25) is 9.89 Å². The van der Waals surface area contributed by atoms with Crippen molar-refractivity contribution in [3.63, 3.8) is 0 Å². The first kappa shape index (κ1) is 16.7. The molecule has 0 aliphatic carbocycles. The zero-order valence-electron chi connectivity index (χ0n) is 13.4. The molecule has 0 unspecified atom stereocenters. The first-order chi connectivity index (χ1) is 11.6. The SMILES string of the molecule is Cn1c(CNC(=O)c2ccccc2OC[C@@H]2CCCO2)n[nH]c1=S. The van der Waals surface area contributed by atoms with E-state index in [-0.39, 0.29) is 18.6 Å². The second-order valence-electron chi connectivity index (χ2n) is 5.63. The number of ether oxygens (including phenoxy) is 2. The fourth-order valence-electron chi connectivity index (χ4n) is 2.53. The van der Waals surface area contributed by atoms with Gasteiger partial charge in [-0.2, -0.15) is 5.10 Å². The van der Waals surface area contributed by atoms with E-state index in [0.717, 1.165) is 19.4 Å². The number of benzene rings is 1. The average molecular weight is 348 g/mol. The molecule has 24 heavy (non-hydrogen) atoms. The number of amides is 1. The molecule has 1 amide bonds. The molecular formula is C16H20N4O3S. The molecule has 7 nitrogen and oxygen atoms in total. The Hall–Kier alpha value is -2.19. The molecule has 0 radical (unpaired) electrons. The van der Waals surface area contributed by atoms with Gasteiger partial charge in [0.15, 0.2) is 10.6 Å². The Bertz CT molecular complexity index is 765. The van der Waals surface area contributed by atoms with Gasteiger partial charge in [-0.1, -0.05) is 12.1 Å². The molecule has 2 heterocycles. The fourth-order valence-corrected chi connectivity index (χ4v) is 2.68. The van der Waals surface area contributed by atoms with Crippen LogP contribution in [0.4, 0.5) is 0 Å². The number of hydrogen-bond acceptors (Lipinski definition) is 5. The van der Waals surface area contributed by atoms with Gasteiger partial charge in [0.25, 0.3) is 5.91 Å². The van der Waals surface area contributed by atoms with Crippen LogP contribution in [0.25, 0.3) is 0 Å². The van der Waals surface area contributed by atoms with Crippen molar-refractivity contribution in [2.24, 2.45) is 7.05 Å². The van der Waals surface area contributed by atoms with E-state index in [2.05, 4.69) is 15.5 Å². The van der Waals surface area contributed by atoms with E-state index < -0.39 is 0 Å². The van der Waals surface area contributed by atoms with Crippen molar-refractivity contribution < 1.29 is 14.3 Å². The molecule has 2 aromatic rings. The predicted molar refractivity (Wildman–Crippen MR) is 90.5 cm³/mol. The van der Waals surface area contributed by atoms with Crippen LogP contribution in [0.5, 0.6) is 5.75 Å². The molecule has 3 rings (SSSR count). The number of para-hydroxylation sites is 1. The molecule has 1 atom stereocenters. The standard InChI is InChI=1S/C16H20N4O3S/c1-20-14(18-19-16(20)24)9-17-15(21)12-6-2-3-7-13(12)23-10-11-5-4-8-22-11/h2-3,6-7,11H,4-5,8-10H2,1H3,(H,17,21)(H,19,24)/t11-/m0/s1. The lowest BCUT2D eigenvalue weighted by atomic mass is 10.2. The van der Waals surface area contributed by atoms with E-state index >= 15 is 0 Å². The van der Waals surface area contributed by atoms with Crippen LogP contribution >= 0.6 is 12.2 Å². The highest BCUT2D eigenvalue weighted by Gasteiger charge is 2.18. The van der Waals surface area contributed by atoms with E-state index in [0.29, 0.717) is 28.5 Å². The van der Waals surface area contributed by atoms with E-state index in [1.807, 2.05) is 12.1 Å². The van der Waals surface area contributed by atoms with Crippen LogP contribution in [-0.2, 0) is 18.3 Å². The van der Waals surface area contributed by atoms with Crippen LogP contribution in [0.15, 0.2) is 24.3 Å². The zero-order valence-corrected chi connectivity index (χ0v) is 14.3. The number of aromatic nitrogens is 3. The Kier molecular flexibility index (Phi) is 5.27. The predicted octanol–water partition coefficient (Wildman–Crippen LogP) is 1.97. The van der Waals surface area contributed by atoms with Crippen molar-refractivity contribution in [1.29, 1.82) is 0 Å². The molecule has 1 fully saturated rings. The number of carbonyl (C=O) groups excluding carboxylic acids is 1. The molecule has 2 N–H and O–H groups in total. The number of hydrogen-bond donors (Lipinski definition) is 2. The van der Waals surface area contributed by atoms with Gasteiger partial charge in [0.1, 0.15) is 12.4 Å². The zero-order chi connectivity index (χ0) is 16.9. The Balaban J connectivity index is 1.63. The van der Waals surface area contributed by atoms with Crippen LogP contribution in [0, 0.1) is 4.77 Å². The molecule has 1 saturated heterocycles. The van der Waals surface area contributed by atoms with Gasteiger partial charge >= 0.3 is 0 Å². The third kappa shape index (κ3) is 3.82. The summed E-state index contributed by atoms with van der Waals surface area (Å²) in [5, 5.41) is 9.60. The summed E-state index contributed by atoms with van der Waals surface area (Å²) < 4.78 is 13.6. The van der Waals surface area contributed by atoms with Gasteiger partial charge in [0.05, 0.1) is 18.2 Å². The maximum Gasteiger partial charge on any atom is 0.255 e. The number of nitrogens with zero attached hydrogens (tertiary/aromatic N) is 2. The lowest BCUT2D eigenvalue weighted by Crippen LogP contribution is -2.25. The van der Waals surface area contributed by atoms with Crippen LogP contribution in [0.3, 0.4) is 0 Å². The van der Waals surface area contributed by atoms with Gasteiger partial charge in [0, 0.05) is 13.7 Å². The topological polar surface area (TPSA) is 81.2 Å². The summed E-state index contributed by atoms with van der Waals surface area (Å²) in [5.41, 5.74) is 0.493. The quantitative estimate of drug-likeness (QED) is 0.780. The highest BCUT2D eigenvalue weighted by Crippen LogP contribution is 2.20. The summed E-state index contributed by atoms with van der Waals surface area (Å²) in [7, 11) is 1.80. The lowest BCUT2D eigenvalue weighted by Gasteiger charge is -2.14. The van der Waals surface area contributed by atoms with Crippen LogP contribution in [0.2, 0.25) is 0 Å². The van der Waals surface area contributed by atoms with Gasteiger partial charge < -0.3 is 19.4 Å². The van der Waals surface area contributed by atoms with E-state index in [9.17, 15) is 4.79 Å². The molecule has 0 saturated carbocycles. The smallest absolute Gasteiger partial charge is 0.255 e. The van der Waals surface area contributed by atoms with Crippen LogP contribution in [0.1, 0.15) is 29.0 Å². The molecule has 128 valence electrons. The molecule has 8 heteroatoms. The molecule has 0 bridgehead atoms. The number of aromatic amines is 1. The van der Waals surface area contributed by atoms with Crippen molar-refractivity contribution in [2.75, 3.05) is 13.2 Å². The largest absolute Gasteiger partial charge is 0.490 e. The minimum Gasteiger partial charge on any atom is -0.490 e. The normalized spacial score (nSPS) is 17.0. The number of H-pyrrole nitrogens is 1. The van der Waals surface area contributed by atoms with Crippen LogP contribution < -0.4 is 10.1 Å². The molecular weight excluding hydrogens is 328 g/mol. The summed E-state index contributed by atoms with van der Waals surface area (Å²) in [6, 6.07) is 7.19. The minimum atomic E-state index is -0.216. The number of carbonyl (C=O) groups is 1. The number of nitrogens with one attached hydrogen (secondary N) is 2. The highest BCUT2D eigenvalue weighted by atomic mass is 32.1.